The van der Waals surface area contributed by atoms with Gasteiger partial charge in [-0.15, -0.1) is 0 Å². The summed E-state index contributed by atoms with van der Waals surface area (Å²) in [5.41, 5.74) is 7.48. The molecule has 0 saturated heterocycles. The lowest BCUT2D eigenvalue weighted by molar-refractivity contribution is -0.175. The predicted octanol–water partition coefficient (Wildman–Crippen LogP) is 4.72. The zero-order valence-electron chi connectivity index (χ0n) is 21.5. The number of ketones is 1. The van der Waals surface area contributed by atoms with Crippen molar-refractivity contribution in [3.63, 3.8) is 0 Å². The molecule has 2 aromatic carbocycles. The van der Waals surface area contributed by atoms with E-state index in [0.717, 1.165) is 36.8 Å². The van der Waals surface area contributed by atoms with Crippen LogP contribution in [0.2, 0.25) is 0 Å². The largest absolute Gasteiger partial charge is 0.504 e. The van der Waals surface area contributed by atoms with Crippen molar-refractivity contribution < 1.29 is 33.1 Å². The lowest BCUT2D eigenvalue weighted by atomic mass is 9.45. The Labute approximate surface area is 223 Å². The Kier molecular flexibility index (Phi) is 6.68. The van der Waals surface area contributed by atoms with E-state index in [0.29, 0.717) is 31.4 Å². The van der Waals surface area contributed by atoms with Crippen molar-refractivity contribution in [1.82, 2.24) is 0 Å². The van der Waals surface area contributed by atoms with Gasteiger partial charge in [-0.1, -0.05) is 49.2 Å². The smallest absolute Gasteiger partial charge is 0.472 e. The maximum absolute atomic E-state index is 13.4. The van der Waals surface area contributed by atoms with E-state index < -0.39 is 24.9 Å². The van der Waals surface area contributed by atoms with Crippen molar-refractivity contribution in [3.8, 4) is 11.5 Å². The van der Waals surface area contributed by atoms with Crippen molar-refractivity contribution in [3.05, 3.63) is 59.2 Å². The van der Waals surface area contributed by atoms with E-state index in [1.54, 1.807) is 6.07 Å². The van der Waals surface area contributed by atoms with Crippen LogP contribution in [-0.2, 0) is 36.7 Å². The van der Waals surface area contributed by atoms with Gasteiger partial charge >= 0.3 is 7.82 Å². The first kappa shape index (κ1) is 26.0. The number of carbonyl (C=O) groups is 1. The molecule has 6 rings (SSSR count). The van der Waals surface area contributed by atoms with Crippen LogP contribution in [0.15, 0.2) is 42.5 Å². The van der Waals surface area contributed by atoms with E-state index in [-0.39, 0.29) is 42.9 Å². The molecular weight excluding hydrogens is 505 g/mol. The normalized spacial score (nSPS) is 32.4. The van der Waals surface area contributed by atoms with E-state index in [9.17, 15) is 19.4 Å². The minimum Gasteiger partial charge on any atom is -0.504 e. The molecule has 9 heteroatoms. The number of aromatic hydroxyl groups is 1. The molecule has 4 aliphatic rings. The monoisotopic (exact) mass is 541 g/mol. The van der Waals surface area contributed by atoms with Gasteiger partial charge in [0.25, 0.3) is 0 Å². The molecule has 3 aliphatic carbocycles. The Balaban J connectivity index is 1.18. The molecule has 0 radical (unpaired) electrons. The molecule has 38 heavy (non-hydrogen) atoms. The van der Waals surface area contributed by atoms with Gasteiger partial charge in [-0.05, 0) is 62.1 Å². The third-order valence-corrected chi connectivity index (χ3v) is 10.4. The highest BCUT2D eigenvalue weighted by Crippen LogP contribution is 2.70. The summed E-state index contributed by atoms with van der Waals surface area (Å²) in [7, 11) is -4.48. The molecule has 204 valence electrons. The van der Waals surface area contributed by atoms with Crippen molar-refractivity contribution in [1.29, 1.82) is 0 Å². The molecule has 0 aromatic heterocycles. The first-order chi connectivity index (χ1) is 18.3. The molecule has 2 bridgehead atoms. The van der Waals surface area contributed by atoms with Crippen LogP contribution >= 0.6 is 7.82 Å². The van der Waals surface area contributed by atoms with E-state index in [1.807, 2.05) is 24.3 Å². The molecule has 1 heterocycles. The van der Waals surface area contributed by atoms with Crippen LogP contribution in [-0.4, -0.2) is 40.1 Å². The number of nitrogens with two attached hydrogens (primary N) is 1. The number of phosphoric acid groups is 1. The molecule has 2 saturated carbocycles. The lowest BCUT2D eigenvalue weighted by Crippen LogP contribution is -2.73. The number of Topliss-reactive ketones (excluding diaryl/α,β-unsaturated/α-hetero) is 1. The Bertz CT molecular complexity index is 1270. The molecular formula is C29H36NO7P. The number of hydrogen-bond donors (Lipinski definition) is 3. The second-order valence-electron chi connectivity index (χ2n) is 11.3. The van der Waals surface area contributed by atoms with Gasteiger partial charge in [-0.2, -0.15) is 0 Å². The van der Waals surface area contributed by atoms with Crippen molar-refractivity contribution in [2.75, 3.05) is 6.61 Å². The summed E-state index contributed by atoms with van der Waals surface area (Å²) in [5.74, 6) is -0.0846. The number of benzene rings is 2. The number of phosphoric ester groups is 1. The highest BCUT2D eigenvalue weighted by atomic mass is 31.2. The van der Waals surface area contributed by atoms with Crippen molar-refractivity contribution >= 4 is 13.6 Å². The molecule has 8 nitrogen and oxygen atoms in total. The van der Waals surface area contributed by atoms with Gasteiger partial charge < -0.3 is 20.5 Å². The number of rotatable bonds is 10. The molecule has 0 amide bonds. The number of ether oxygens (including phenoxy) is 1. The summed E-state index contributed by atoms with van der Waals surface area (Å²) >= 11 is 0. The number of phenols is 1. The van der Waals surface area contributed by atoms with Crippen LogP contribution in [0.1, 0.15) is 68.1 Å². The molecule has 6 atom stereocenters. The number of aryl methyl sites for hydroxylation is 1. The molecule has 6 unspecified atom stereocenters. The molecule has 4 N–H and O–H groups in total. The highest BCUT2D eigenvalue weighted by molar-refractivity contribution is 7.47. The van der Waals surface area contributed by atoms with Crippen LogP contribution in [0.3, 0.4) is 0 Å². The summed E-state index contributed by atoms with van der Waals surface area (Å²) in [5, 5.41) is 10.6. The van der Waals surface area contributed by atoms with Crippen LogP contribution in [0, 0.1) is 5.92 Å². The van der Waals surface area contributed by atoms with E-state index in [4.69, 9.17) is 19.5 Å². The zero-order chi connectivity index (χ0) is 26.5. The summed E-state index contributed by atoms with van der Waals surface area (Å²) < 4.78 is 31.3. The van der Waals surface area contributed by atoms with Gasteiger partial charge in [0.05, 0.1) is 17.6 Å². The second-order valence-corrected chi connectivity index (χ2v) is 12.7. The van der Waals surface area contributed by atoms with Gasteiger partial charge in [0.2, 0.25) is 0 Å². The Hall–Kier alpha value is -2.22. The van der Waals surface area contributed by atoms with Gasteiger partial charge in [-0.25, -0.2) is 4.57 Å². The number of carbonyl (C=O) groups excluding carboxylic acids is 1. The van der Waals surface area contributed by atoms with Crippen LogP contribution in [0.4, 0.5) is 0 Å². The Morgan fingerprint density at radius 3 is 2.68 bits per heavy atom. The fourth-order valence-electron chi connectivity index (χ4n) is 7.69. The summed E-state index contributed by atoms with van der Waals surface area (Å²) in [6, 6.07) is 13.5. The van der Waals surface area contributed by atoms with E-state index in [2.05, 4.69) is 12.1 Å². The predicted molar refractivity (Wildman–Crippen MR) is 141 cm³/mol. The molecule has 2 aromatic rings. The van der Waals surface area contributed by atoms with E-state index >= 15 is 0 Å². The molecule has 1 spiro atoms. The number of unbranched alkanes of at least 4 members (excludes halogenated alkanes) is 3. The number of hydrogen-bond acceptors (Lipinski definition) is 7. The zero-order valence-corrected chi connectivity index (χ0v) is 22.4. The SMILES string of the molecule is NC1CCC23c4c5ccc(O)c4OC2C(=O)CCC3(OP(=O)(O)OCCCCCCc2ccccc2)C1C5. The van der Waals surface area contributed by atoms with Crippen molar-refractivity contribution in [2.45, 2.75) is 87.4 Å². The van der Waals surface area contributed by atoms with Crippen LogP contribution < -0.4 is 10.5 Å². The molecule has 2 fully saturated rings. The van der Waals surface area contributed by atoms with Gasteiger partial charge in [-0.3, -0.25) is 13.8 Å². The van der Waals surface area contributed by atoms with Crippen LogP contribution in [0.5, 0.6) is 11.5 Å². The van der Waals surface area contributed by atoms with Crippen molar-refractivity contribution in [2.24, 2.45) is 11.7 Å². The van der Waals surface area contributed by atoms with Crippen LogP contribution in [0.25, 0.3) is 0 Å². The summed E-state index contributed by atoms with van der Waals surface area (Å²) in [6.45, 7) is 0.112. The maximum atomic E-state index is 13.4. The minimum atomic E-state index is -4.48. The quantitative estimate of drug-likeness (QED) is 0.291. The third-order valence-electron chi connectivity index (χ3n) is 9.31. The minimum absolute atomic E-state index is 0.0294. The lowest BCUT2D eigenvalue weighted by Gasteiger charge is -2.62. The van der Waals surface area contributed by atoms with Gasteiger partial charge in [0.15, 0.2) is 23.4 Å². The van der Waals surface area contributed by atoms with E-state index in [1.165, 1.54) is 5.56 Å². The average molecular weight is 542 g/mol. The first-order valence-electron chi connectivity index (χ1n) is 13.8. The topological polar surface area (TPSA) is 128 Å². The summed E-state index contributed by atoms with van der Waals surface area (Å²) in [4.78, 5) is 24.1. The number of phenolic OH excluding ortho intramolecular Hbond substituents is 1. The fraction of sp³-hybridized carbons (Fsp3) is 0.552. The fourth-order valence-corrected chi connectivity index (χ4v) is 8.91. The Morgan fingerprint density at radius 1 is 1.08 bits per heavy atom. The Morgan fingerprint density at radius 2 is 1.87 bits per heavy atom. The standard InChI is InChI=1S/C29H36NO7P/c30-22-13-15-28-25-20-11-12-23(31)26(25)36-27(28)24(32)14-16-29(28,21(22)18-20)37-38(33,34)35-17-7-2-1-4-8-19-9-5-3-6-10-19/h3,5-6,9-12,21-22,27,31H,1-2,4,7-8,13-18,30H2,(H,33,34). The second kappa shape index (κ2) is 9.76. The van der Waals surface area contributed by atoms with Gasteiger partial charge in [0.1, 0.15) is 0 Å². The first-order valence-corrected chi connectivity index (χ1v) is 15.3. The maximum Gasteiger partial charge on any atom is 0.472 e. The summed E-state index contributed by atoms with van der Waals surface area (Å²) in [6.07, 6.45) is 5.78. The molecule has 1 aliphatic heterocycles. The highest BCUT2D eigenvalue weighted by Gasteiger charge is 2.75. The van der Waals surface area contributed by atoms with Gasteiger partial charge in [0, 0.05) is 23.9 Å². The average Bonchev–Trinajstić information content (AvgIpc) is 3.26. The third kappa shape index (κ3) is 4.04.